The van der Waals surface area contributed by atoms with Gasteiger partial charge in [-0.25, -0.2) is 13.6 Å². The van der Waals surface area contributed by atoms with Gasteiger partial charge in [0.05, 0.1) is 6.54 Å². The zero-order valence-corrected chi connectivity index (χ0v) is 16.6. The average molecular weight is 427 g/mol. The van der Waals surface area contributed by atoms with E-state index in [-0.39, 0.29) is 17.0 Å². The number of hydrogen-bond acceptors (Lipinski definition) is 4. The number of anilines is 1. The topological polar surface area (TPSA) is 95.6 Å². The van der Waals surface area contributed by atoms with Gasteiger partial charge in [0.25, 0.3) is 5.91 Å². The number of carbonyl (C=O) groups is 4. The molecule has 7 nitrogen and oxygen atoms in total. The molecular weight excluding hydrogens is 408 g/mol. The number of nitrogens with zero attached hydrogens (tertiary/aromatic N) is 1. The Morgan fingerprint density at radius 2 is 1.87 bits per heavy atom. The predicted octanol–water partition coefficient (Wildman–Crippen LogP) is 2.89. The first-order valence-corrected chi connectivity index (χ1v) is 9.74. The standard InChI is InChI=1S/C22H19F2N3O4/c1-22(15-10-14(23)6-7-16(15)24)20(30)27(21(31)26-22)11-18(28)13-5-8-17-12(9-13)3-2-4-19(29)25-17/h5-10H,2-4,11H2,1H3,(H,25,29)(H,26,31)/t22-/m0/s1. The Balaban J connectivity index is 1.57. The summed E-state index contributed by atoms with van der Waals surface area (Å²) in [6.07, 6.45) is 1.63. The first kappa shape index (κ1) is 20.6. The fourth-order valence-corrected chi connectivity index (χ4v) is 3.89. The number of Topliss-reactive ketones (excluding diaryl/α,β-unsaturated/α-hetero) is 1. The van der Waals surface area contributed by atoms with E-state index in [1.807, 2.05) is 0 Å². The second kappa shape index (κ2) is 7.57. The Kier molecular flexibility index (Phi) is 5.04. The van der Waals surface area contributed by atoms with Crippen LogP contribution in [0.15, 0.2) is 36.4 Å². The van der Waals surface area contributed by atoms with Gasteiger partial charge >= 0.3 is 6.03 Å². The lowest BCUT2D eigenvalue weighted by Crippen LogP contribution is -2.42. The summed E-state index contributed by atoms with van der Waals surface area (Å²) in [6, 6.07) is 6.52. The van der Waals surface area contributed by atoms with Gasteiger partial charge < -0.3 is 10.6 Å². The largest absolute Gasteiger partial charge is 0.326 e. The van der Waals surface area contributed by atoms with E-state index in [1.54, 1.807) is 12.1 Å². The molecule has 0 saturated carbocycles. The molecule has 9 heteroatoms. The quantitative estimate of drug-likeness (QED) is 0.579. The van der Waals surface area contributed by atoms with Crippen molar-refractivity contribution in [1.29, 1.82) is 0 Å². The number of hydrogen-bond donors (Lipinski definition) is 2. The van der Waals surface area contributed by atoms with Crippen molar-refractivity contribution in [1.82, 2.24) is 10.2 Å². The Morgan fingerprint density at radius 1 is 1.10 bits per heavy atom. The van der Waals surface area contributed by atoms with Gasteiger partial charge in [-0.1, -0.05) is 0 Å². The molecule has 0 spiro atoms. The first-order valence-electron chi connectivity index (χ1n) is 9.74. The summed E-state index contributed by atoms with van der Waals surface area (Å²) in [5, 5.41) is 5.13. The van der Waals surface area contributed by atoms with E-state index in [0.717, 1.165) is 23.8 Å². The Morgan fingerprint density at radius 3 is 2.65 bits per heavy atom. The van der Waals surface area contributed by atoms with Crippen LogP contribution < -0.4 is 10.6 Å². The zero-order valence-electron chi connectivity index (χ0n) is 16.6. The van der Waals surface area contributed by atoms with Crippen molar-refractivity contribution in [2.45, 2.75) is 31.7 Å². The number of ketones is 1. The van der Waals surface area contributed by atoms with Gasteiger partial charge in [0.15, 0.2) is 5.78 Å². The Bertz CT molecular complexity index is 1130. The second-order valence-electron chi connectivity index (χ2n) is 7.77. The van der Waals surface area contributed by atoms with E-state index >= 15 is 0 Å². The highest BCUT2D eigenvalue weighted by Crippen LogP contribution is 2.31. The van der Waals surface area contributed by atoms with Crippen molar-refractivity contribution in [2.24, 2.45) is 0 Å². The molecule has 0 unspecified atom stereocenters. The molecule has 0 aromatic heterocycles. The van der Waals surface area contributed by atoms with Crippen LogP contribution in [0, 0.1) is 11.6 Å². The molecule has 4 amide bonds. The maximum absolute atomic E-state index is 14.3. The number of aryl methyl sites for hydroxylation is 1. The SMILES string of the molecule is C[C@@]1(c2cc(F)ccc2F)NC(=O)N(CC(=O)c2ccc3c(c2)CCCC(=O)N3)C1=O. The van der Waals surface area contributed by atoms with Gasteiger partial charge in [-0.15, -0.1) is 0 Å². The van der Waals surface area contributed by atoms with Crippen molar-refractivity contribution in [3.63, 3.8) is 0 Å². The van der Waals surface area contributed by atoms with Crippen molar-refractivity contribution in [3.8, 4) is 0 Å². The summed E-state index contributed by atoms with van der Waals surface area (Å²) in [5.74, 6) is -3.05. The number of halogens is 2. The fourth-order valence-electron chi connectivity index (χ4n) is 3.89. The lowest BCUT2D eigenvalue weighted by molar-refractivity contribution is -0.130. The molecule has 0 bridgehead atoms. The van der Waals surface area contributed by atoms with Crippen LogP contribution in [-0.4, -0.2) is 35.1 Å². The third-order valence-electron chi connectivity index (χ3n) is 5.60. The maximum Gasteiger partial charge on any atom is 0.325 e. The monoisotopic (exact) mass is 427 g/mol. The average Bonchev–Trinajstić information content (AvgIpc) is 2.85. The number of amides is 4. The molecule has 160 valence electrons. The van der Waals surface area contributed by atoms with E-state index in [9.17, 15) is 28.0 Å². The van der Waals surface area contributed by atoms with Gasteiger partial charge in [0.1, 0.15) is 17.2 Å². The van der Waals surface area contributed by atoms with Crippen molar-refractivity contribution in [3.05, 3.63) is 64.7 Å². The minimum absolute atomic E-state index is 0.0963. The normalized spacial score (nSPS) is 20.7. The van der Waals surface area contributed by atoms with Crippen LogP contribution in [0.4, 0.5) is 19.3 Å². The minimum Gasteiger partial charge on any atom is -0.326 e. The third kappa shape index (κ3) is 3.67. The first-order chi connectivity index (χ1) is 14.7. The van der Waals surface area contributed by atoms with Gasteiger partial charge in [-0.3, -0.25) is 19.3 Å². The smallest absolute Gasteiger partial charge is 0.325 e. The number of benzene rings is 2. The van der Waals surface area contributed by atoms with Gasteiger partial charge in [0.2, 0.25) is 5.91 Å². The Labute approximate surface area is 176 Å². The van der Waals surface area contributed by atoms with Crippen LogP contribution in [0.2, 0.25) is 0 Å². The molecule has 2 aliphatic heterocycles. The van der Waals surface area contributed by atoms with E-state index in [4.69, 9.17) is 0 Å². The summed E-state index contributed by atoms with van der Waals surface area (Å²) in [4.78, 5) is 50.5. The molecule has 1 fully saturated rings. The number of fused-ring (bicyclic) bond motifs is 1. The zero-order chi connectivity index (χ0) is 22.3. The molecule has 1 saturated heterocycles. The van der Waals surface area contributed by atoms with Gasteiger partial charge in [-0.2, -0.15) is 0 Å². The summed E-state index contributed by atoms with van der Waals surface area (Å²) >= 11 is 0. The van der Waals surface area contributed by atoms with E-state index in [1.165, 1.54) is 13.0 Å². The second-order valence-corrected chi connectivity index (χ2v) is 7.77. The summed E-state index contributed by atoms with van der Waals surface area (Å²) < 4.78 is 27.9. The number of urea groups is 1. The fraction of sp³-hybridized carbons (Fsp3) is 0.273. The van der Waals surface area contributed by atoms with Gasteiger partial charge in [0, 0.05) is 23.2 Å². The van der Waals surface area contributed by atoms with E-state index in [2.05, 4.69) is 10.6 Å². The minimum atomic E-state index is -1.83. The number of carbonyl (C=O) groups excluding carboxylic acids is 4. The van der Waals surface area contributed by atoms with Crippen molar-refractivity contribution < 1.29 is 28.0 Å². The van der Waals surface area contributed by atoms with E-state index in [0.29, 0.717) is 29.8 Å². The van der Waals surface area contributed by atoms with Crippen LogP contribution in [-0.2, 0) is 21.5 Å². The van der Waals surface area contributed by atoms with Crippen LogP contribution in [0.25, 0.3) is 0 Å². The molecule has 2 N–H and O–H groups in total. The van der Waals surface area contributed by atoms with Crippen LogP contribution in [0.3, 0.4) is 0 Å². The van der Waals surface area contributed by atoms with Crippen molar-refractivity contribution in [2.75, 3.05) is 11.9 Å². The highest BCUT2D eigenvalue weighted by atomic mass is 19.1. The Hall–Kier alpha value is -3.62. The molecule has 2 aromatic rings. The molecule has 4 rings (SSSR count). The number of imide groups is 1. The number of rotatable bonds is 4. The molecule has 0 radical (unpaired) electrons. The molecular formula is C22H19F2N3O4. The lowest BCUT2D eigenvalue weighted by atomic mass is 9.91. The van der Waals surface area contributed by atoms with Crippen LogP contribution in [0.1, 0.15) is 41.3 Å². The van der Waals surface area contributed by atoms with E-state index < -0.39 is 41.4 Å². The molecule has 31 heavy (non-hydrogen) atoms. The predicted molar refractivity (Wildman–Crippen MR) is 106 cm³/mol. The third-order valence-corrected chi connectivity index (χ3v) is 5.60. The summed E-state index contributed by atoms with van der Waals surface area (Å²) in [6.45, 7) is 0.711. The molecule has 0 aliphatic carbocycles. The van der Waals surface area contributed by atoms with Crippen LogP contribution in [0.5, 0.6) is 0 Å². The van der Waals surface area contributed by atoms with Gasteiger partial charge in [-0.05, 0) is 61.7 Å². The molecule has 2 aromatic carbocycles. The highest BCUT2D eigenvalue weighted by Gasteiger charge is 2.50. The number of nitrogens with one attached hydrogen (secondary N) is 2. The summed E-state index contributed by atoms with van der Waals surface area (Å²) in [5.41, 5.74) is -0.451. The molecule has 2 heterocycles. The van der Waals surface area contributed by atoms with Crippen molar-refractivity contribution >= 4 is 29.3 Å². The lowest BCUT2D eigenvalue weighted by Gasteiger charge is -2.22. The summed E-state index contributed by atoms with van der Waals surface area (Å²) in [7, 11) is 0. The highest BCUT2D eigenvalue weighted by molar-refractivity contribution is 6.11. The maximum atomic E-state index is 14.3. The molecule has 2 aliphatic rings. The van der Waals surface area contributed by atoms with Crippen LogP contribution >= 0.6 is 0 Å². The molecule has 1 atom stereocenters.